The fraction of sp³-hybridized carbons (Fsp3) is 0.643. The second-order valence-corrected chi connectivity index (χ2v) is 4.73. The molecule has 2 rings (SSSR count). The molecule has 0 spiro atoms. The molecular weight excluding hydrogens is 226 g/mol. The molecule has 1 aromatic heterocycles. The molecule has 0 bridgehead atoms. The van der Waals surface area contributed by atoms with Gasteiger partial charge in [-0.2, -0.15) is 0 Å². The van der Waals surface area contributed by atoms with E-state index in [9.17, 15) is 0 Å². The van der Waals surface area contributed by atoms with E-state index in [4.69, 9.17) is 15.5 Å². The number of pyridine rings is 1. The summed E-state index contributed by atoms with van der Waals surface area (Å²) in [6, 6.07) is 4.21. The van der Waals surface area contributed by atoms with Crippen molar-refractivity contribution in [1.29, 1.82) is 0 Å². The van der Waals surface area contributed by atoms with Gasteiger partial charge >= 0.3 is 0 Å². The molecule has 2 N–H and O–H groups in total. The van der Waals surface area contributed by atoms with Gasteiger partial charge < -0.3 is 15.4 Å². The Balaban J connectivity index is 2.20. The van der Waals surface area contributed by atoms with Crippen LogP contribution < -0.4 is 10.6 Å². The standard InChI is InChI=1S/C14H23N3O/c1-3-12-7-11(9-15)8-14(16-12)17-5-6-18-13(4-2)10-17/h7-8,13H,3-6,9-10,15H2,1-2H3. The van der Waals surface area contributed by atoms with Gasteiger partial charge in [0.25, 0.3) is 0 Å². The molecule has 1 aromatic rings. The largest absolute Gasteiger partial charge is 0.375 e. The smallest absolute Gasteiger partial charge is 0.129 e. The Morgan fingerprint density at radius 2 is 2.28 bits per heavy atom. The van der Waals surface area contributed by atoms with Gasteiger partial charge in [-0.1, -0.05) is 13.8 Å². The number of hydrogen-bond donors (Lipinski definition) is 1. The summed E-state index contributed by atoms with van der Waals surface area (Å²) in [5, 5.41) is 0. The first-order chi connectivity index (χ1) is 8.76. The van der Waals surface area contributed by atoms with E-state index < -0.39 is 0 Å². The fourth-order valence-corrected chi connectivity index (χ4v) is 2.27. The lowest BCUT2D eigenvalue weighted by molar-refractivity contribution is 0.0381. The Kier molecular flexibility index (Phi) is 4.55. The van der Waals surface area contributed by atoms with Crippen LogP contribution in [0, 0.1) is 0 Å². The normalized spacial score (nSPS) is 20.2. The molecule has 100 valence electrons. The van der Waals surface area contributed by atoms with Gasteiger partial charge in [-0.25, -0.2) is 4.98 Å². The maximum absolute atomic E-state index is 5.75. The zero-order valence-corrected chi connectivity index (χ0v) is 11.4. The molecular formula is C14H23N3O. The third kappa shape index (κ3) is 3.00. The molecule has 4 heteroatoms. The molecule has 0 saturated carbocycles. The quantitative estimate of drug-likeness (QED) is 0.882. The van der Waals surface area contributed by atoms with Crippen molar-refractivity contribution in [3.05, 3.63) is 23.4 Å². The average Bonchev–Trinajstić information content (AvgIpc) is 2.46. The molecule has 1 aliphatic heterocycles. The lowest BCUT2D eigenvalue weighted by atomic mass is 10.1. The number of nitrogens with zero attached hydrogens (tertiary/aromatic N) is 2. The van der Waals surface area contributed by atoms with Gasteiger partial charge in [0.1, 0.15) is 5.82 Å². The third-order valence-corrected chi connectivity index (χ3v) is 3.44. The van der Waals surface area contributed by atoms with Crippen molar-refractivity contribution in [3.8, 4) is 0 Å². The number of anilines is 1. The minimum absolute atomic E-state index is 0.326. The summed E-state index contributed by atoms with van der Waals surface area (Å²) in [6.45, 7) is 7.50. The van der Waals surface area contributed by atoms with E-state index >= 15 is 0 Å². The number of aromatic nitrogens is 1. The Hall–Kier alpha value is -1.13. The lowest BCUT2D eigenvalue weighted by Gasteiger charge is -2.33. The summed E-state index contributed by atoms with van der Waals surface area (Å²) >= 11 is 0. The molecule has 2 heterocycles. The molecule has 0 aliphatic carbocycles. The van der Waals surface area contributed by atoms with Crippen LogP contribution in [0.4, 0.5) is 5.82 Å². The van der Waals surface area contributed by atoms with Crippen LogP contribution in [0.3, 0.4) is 0 Å². The van der Waals surface area contributed by atoms with Crippen molar-refractivity contribution in [1.82, 2.24) is 4.98 Å². The Morgan fingerprint density at radius 1 is 1.44 bits per heavy atom. The Labute approximate surface area is 109 Å². The number of hydrogen-bond acceptors (Lipinski definition) is 4. The van der Waals surface area contributed by atoms with Gasteiger partial charge in [-0.15, -0.1) is 0 Å². The van der Waals surface area contributed by atoms with Crippen molar-refractivity contribution >= 4 is 5.82 Å². The summed E-state index contributed by atoms with van der Waals surface area (Å²) in [7, 11) is 0. The summed E-state index contributed by atoms with van der Waals surface area (Å²) < 4.78 is 5.70. The molecule has 1 aliphatic rings. The number of aryl methyl sites for hydroxylation is 1. The zero-order chi connectivity index (χ0) is 13.0. The minimum Gasteiger partial charge on any atom is -0.375 e. The molecule has 0 radical (unpaired) electrons. The monoisotopic (exact) mass is 249 g/mol. The predicted octanol–water partition coefficient (Wildman–Crippen LogP) is 1.72. The summed E-state index contributed by atoms with van der Waals surface area (Å²) in [5.74, 6) is 1.05. The zero-order valence-electron chi connectivity index (χ0n) is 11.4. The topological polar surface area (TPSA) is 51.4 Å². The van der Waals surface area contributed by atoms with Gasteiger partial charge in [0.15, 0.2) is 0 Å². The fourth-order valence-electron chi connectivity index (χ4n) is 2.27. The molecule has 1 unspecified atom stereocenters. The Morgan fingerprint density at radius 3 is 2.94 bits per heavy atom. The summed E-state index contributed by atoms with van der Waals surface area (Å²) in [5.41, 5.74) is 8.04. The number of nitrogens with two attached hydrogens (primary N) is 1. The second kappa shape index (κ2) is 6.16. The molecule has 4 nitrogen and oxygen atoms in total. The van der Waals surface area contributed by atoms with Crippen LogP contribution in [-0.2, 0) is 17.7 Å². The van der Waals surface area contributed by atoms with Gasteiger partial charge in [-0.05, 0) is 30.5 Å². The van der Waals surface area contributed by atoms with Crippen molar-refractivity contribution < 1.29 is 4.74 Å². The van der Waals surface area contributed by atoms with Gasteiger partial charge in [0.2, 0.25) is 0 Å². The number of morpholine rings is 1. The highest BCUT2D eigenvalue weighted by Gasteiger charge is 2.20. The van der Waals surface area contributed by atoms with E-state index in [1.54, 1.807) is 0 Å². The molecule has 1 saturated heterocycles. The summed E-state index contributed by atoms with van der Waals surface area (Å²) in [4.78, 5) is 7.02. The van der Waals surface area contributed by atoms with Crippen LogP contribution in [-0.4, -0.2) is 30.8 Å². The molecule has 0 amide bonds. The van der Waals surface area contributed by atoms with E-state index in [-0.39, 0.29) is 0 Å². The highest BCUT2D eigenvalue weighted by molar-refractivity contribution is 5.43. The molecule has 1 fully saturated rings. The summed E-state index contributed by atoms with van der Waals surface area (Å²) in [6.07, 6.45) is 2.32. The van der Waals surface area contributed by atoms with E-state index in [0.29, 0.717) is 12.6 Å². The predicted molar refractivity (Wildman–Crippen MR) is 73.8 cm³/mol. The first kappa shape index (κ1) is 13.3. The molecule has 1 atom stereocenters. The van der Waals surface area contributed by atoms with Gasteiger partial charge in [0.05, 0.1) is 12.7 Å². The van der Waals surface area contributed by atoms with Crippen LogP contribution in [0.25, 0.3) is 0 Å². The van der Waals surface area contributed by atoms with Crippen LogP contribution in [0.2, 0.25) is 0 Å². The Bertz CT molecular complexity index is 372. The van der Waals surface area contributed by atoms with Crippen LogP contribution in [0.15, 0.2) is 12.1 Å². The van der Waals surface area contributed by atoms with E-state index in [1.165, 1.54) is 0 Å². The van der Waals surface area contributed by atoms with Crippen molar-refractivity contribution in [2.45, 2.75) is 39.3 Å². The first-order valence-corrected chi connectivity index (χ1v) is 6.83. The number of ether oxygens (including phenoxy) is 1. The highest BCUT2D eigenvalue weighted by Crippen LogP contribution is 2.19. The van der Waals surface area contributed by atoms with Crippen molar-refractivity contribution in [2.24, 2.45) is 5.73 Å². The van der Waals surface area contributed by atoms with Crippen molar-refractivity contribution in [3.63, 3.8) is 0 Å². The van der Waals surface area contributed by atoms with Crippen molar-refractivity contribution in [2.75, 3.05) is 24.6 Å². The minimum atomic E-state index is 0.326. The maximum atomic E-state index is 5.75. The SMILES string of the molecule is CCc1cc(CN)cc(N2CCOC(CC)C2)n1. The number of rotatable bonds is 4. The lowest BCUT2D eigenvalue weighted by Crippen LogP contribution is -2.42. The maximum Gasteiger partial charge on any atom is 0.129 e. The van der Waals surface area contributed by atoms with Gasteiger partial charge in [-0.3, -0.25) is 0 Å². The second-order valence-electron chi connectivity index (χ2n) is 4.73. The van der Waals surface area contributed by atoms with Crippen LogP contribution in [0.1, 0.15) is 31.5 Å². The third-order valence-electron chi connectivity index (χ3n) is 3.44. The first-order valence-electron chi connectivity index (χ1n) is 6.83. The van der Waals surface area contributed by atoms with E-state index in [0.717, 1.165) is 49.6 Å². The van der Waals surface area contributed by atoms with E-state index in [2.05, 4.69) is 30.9 Å². The molecule has 0 aromatic carbocycles. The van der Waals surface area contributed by atoms with Crippen LogP contribution >= 0.6 is 0 Å². The average molecular weight is 249 g/mol. The van der Waals surface area contributed by atoms with Gasteiger partial charge in [0, 0.05) is 25.3 Å². The van der Waals surface area contributed by atoms with Crippen LogP contribution in [0.5, 0.6) is 0 Å². The highest BCUT2D eigenvalue weighted by atomic mass is 16.5. The van der Waals surface area contributed by atoms with E-state index in [1.807, 2.05) is 0 Å². The molecule has 18 heavy (non-hydrogen) atoms.